The summed E-state index contributed by atoms with van der Waals surface area (Å²) in [5.41, 5.74) is 13.9. The van der Waals surface area contributed by atoms with E-state index in [1.165, 1.54) is 0 Å². The second-order valence-corrected chi connectivity index (χ2v) is 3.32. The fourth-order valence-corrected chi connectivity index (χ4v) is 1.53. The number of rotatable bonds is 3. The first-order chi connectivity index (χ1) is 6.16. The molecule has 0 aromatic carbocycles. The summed E-state index contributed by atoms with van der Waals surface area (Å²) in [6.07, 6.45) is 3.73. The number of anilines is 1. The van der Waals surface area contributed by atoms with Gasteiger partial charge >= 0.3 is 0 Å². The Kier molecular flexibility index (Phi) is 3.25. The predicted octanol–water partition coefficient (Wildman–Crippen LogP) is 1.77. The molecule has 1 unspecified atom stereocenters. The van der Waals surface area contributed by atoms with Gasteiger partial charge in [-0.25, -0.2) is 4.98 Å². The van der Waals surface area contributed by atoms with Crippen LogP contribution in [0.1, 0.15) is 36.9 Å². The molecular weight excluding hydrogens is 162 g/mol. The molecule has 3 nitrogen and oxygen atoms in total. The van der Waals surface area contributed by atoms with Crippen molar-refractivity contribution in [3.8, 4) is 0 Å². The fraction of sp³-hybridized carbons (Fsp3) is 0.500. The first kappa shape index (κ1) is 9.99. The summed E-state index contributed by atoms with van der Waals surface area (Å²) in [5, 5.41) is 0. The summed E-state index contributed by atoms with van der Waals surface area (Å²) in [7, 11) is 0. The molecule has 0 radical (unpaired) electrons. The second kappa shape index (κ2) is 4.23. The van der Waals surface area contributed by atoms with Crippen molar-refractivity contribution >= 4 is 5.82 Å². The highest BCUT2D eigenvalue weighted by molar-refractivity contribution is 5.45. The summed E-state index contributed by atoms with van der Waals surface area (Å²) in [6.45, 7) is 4.13. The Morgan fingerprint density at radius 1 is 1.54 bits per heavy atom. The number of nitrogen functional groups attached to an aromatic ring is 1. The molecule has 1 aromatic rings. The highest BCUT2D eigenvalue weighted by Gasteiger charge is 2.11. The summed E-state index contributed by atoms with van der Waals surface area (Å²) in [5.74, 6) is 0.570. The SMILES string of the molecule is CCCC(N)c1c(C)ccnc1N. The monoisotopic (exact) mass is 179 g/mol. The maximum Gasteiger partial charge on any atom is 0.128 e. The molecular formula is C10H17N3. The molecule has 0 aliphatic rings. The molecule has 0 saturated heterocycles. The molecule has 0 aliphatic carbocycles. The van der Waals surface area contributed by atoms with Gasteiger partial charge in [-0.1, -0.05) is 13.3 Å². The van der Waals surface area contributed by atoms with Crippen LogP contribution >= 0.6 is 0 Å². The number of nitrogens with two attached hydrogens (primary N) is 2. The first-order valence-corrected chi connectivity index (χ1v) is 4.63. The molecule has 0 amide bonds. The van der Waals surface area contributed by atoms with Crippen molar-refractivity contribution in [2.24, 2.45) is 5.73 Å². The van der Waals surface area contributed by atoms with E-state index < -0.39 is 0 Å². The minimum Gasteiger partial charge on any atom is -0.383 e. The number of hydrogen-bond donors (Lipinski definition) is 2. The molecule has 0 saturated carbocycles. The van der Waals surface area contributed by atoms with Crippen LogP contribution in [0.25, 0.3) is 0 Å². The number of aryl methyl sites for hydroxylation is 1. The lowest BCUT2D eigenvalue weighted by molar-refractivity contribution is 0.635. The van der Waals surface area contributed by atoms with E-state index >= 15 is 0 Å². The molecule has 1 heterocycles. The quantitative estimate of drug-likeness (QED) is 0.743. The highest BCUT2D eigenvalue weighted by atomic mass is 14.8. The Bertz CT molecular complexity index is 263. The Morgan fingerprint density at radius 3 is 2.77 bits per heavy atom. The zero-order valence-electron chi connectivity index (χ0n) is 8.25. The zero-order chi connectivity index (χ0) is 9.84. The van der Waals surface area contributed by atoms with Gasteiger partial charge in [0.25, 0.3) is 0 Å². The third-order valence-electron chi connectivity index (χ3n) is 2.21. The minimum atomic E-state index is 0.0266. The van der Waals surface area contributed by atoms with Gasteiger partial charge < -0.3 is 11.5 Å². The average Bonchev–Trinajstić information content (AvgIpc) is 2.04. The number of hydrogen-bond acceptors (Lipinski definition) is 3. The van der Waals surface area contributed by atoms with Crippen LogP contribution in [0.3, 0.4) is 0 Å². The van der Waals surface area contributed by atoms with E-state index in [0.29, 0.717) is 5.82 Å². The molecule has 0 bridgehead atoms. The third kappa shape index (κ3) is 2.18. The van der Waals surface area contributed by atoms with E-state index in [-0.39, 0.29) is 6.04 Å². The van der Waals surface area contributed by atoms with Gasteiger partial charge in [0.1, 0.15) is 5.82 Å². The normalized spacial score (nSPS) is 12.8. The Labute approximate surface area is 79.2 Å². The van der Waals surface area contributed by atoms with Gasteiger partial charge in [0.2, 0.25) is 0 Å². The lowest BCUT2D eigenvalue weighted by atomic mass is 10.00. The Morgan fingerprint density at radius 2 is 2.23 bits per heavy atom. The Balaban J connectivity index is 2.98. The van der Waals surface area contributed by atoms with Crippen LogP contribution in [-0.2, 0) is 0 Å². The van der Waals surface area contributed by atoms with Crippen molar-refractivity contribution in [2.45, 2.75) is 32.7 Å². The van der Waals surface area contributed by atoms with Crippen LogP contribution in [0.2, 0.25) is 0 Å². The molecule has 0 aliphatic heterocycles. The van der Waals surface area contributed by atoms with Gasteiger partial charge in [0.15, 0.2) is 0 Å². The van der Waals surface area contributed by atoms with Crippen molar-refractivity contribution in [2.75, 3.05) is 5.73 Å². The topological polar surface area (TPSA) is 64.9 Å². The summed E-state index contributed by atoms with van der Waals surface area (Å²) < 4.78 is 0. The number of aromatic nitrogens is 1. The molecule has 1 rings (SSSR count). The van der Waals surface area contributed by atoms with Gasteiger partial charge in [-0.3, -0.25) is 0 Å². The van der Waals surface area contributed by atoms with Crippen LogP contribution in [0.4, 0.5) is 5.82 Å². The van der Waals surface area contributed by atoms with Gasteiger partial charge in [0.05, 0.1) is 0 Å². The lowest BCUT2D eigenvalue weighted by Crippen LogP contribution is -2.14. The van der Waals surface area contributed by atoms with Gasteiger partial charge in [0, 0.05) is 17.8 Å². The third-order valence-corrected chi connectivity index (χ3v) is 2.21. The highest BCUT2D eigenvalue weighted by Crippen LogP contribution is 2.23. The zero-order valence-corrected chi connectivity index (χ0v) is 8.25. The van der Waals surface area contributed by atoms with Crippen molar-refractivity contribution < 1.29 is 0 Å². The van der Waals surface area contributed by atoms with Crippen molar-refractivity contribution in [3.05, 3.63) is 23.4 Å². The van der Waals surface area contributed by atoms with E-state index in [9.17, 15) is 0 Å². The summed E-state index contributed by atoms with van der Waals surface area (Å²) in [4.78, 5) is 4.04. The molecule has 13 heavy (non-hydrogen) atoms. The standard InChI is InChI=1S/C10H17N3/c1-3-4-8(11)9-7(2)5-6-13-10(9)12/h5-6,8H,3-4,11H2,1-2H3,(H2,12,13). The molecule has 1 aromatic heterocycles. The van der Waals surface area contributed by atoms with Crippen LogP contribution in [0.15, 0.2) is 12.3 Å². The average molecular weight is 179 g/mol. The number of pyridine rings is 1. The van der Waals surface area contributed by atoms with Crippen LogP contribution in [0, 0.1) is 6.92 Å². The fourth-order valence-electron chi connectivity index (χ4n) is 1.53. The minimum absolute atomic E-state index is 0.0266. The largest absolute Gasteiger partial charge is 0.383 e. The van der Waals surface area contributed by atoms with Crippen molar-refractivity contribution in [1.82, 2.24) is 4.98 Å². The molecule has 3 heteroatoms. The van der Waals surface area contributed by atoms with E-state index in [2.05, 4.69) is 11.9 Å². The number of nitrogens with zero attached hydrogens (tertiary/aromatic N) is 1. The lowest BCUT2D eigenvalue weighted by Gasteiger charge is -2.15. The maximum atomic E-state index is 5.99. The molecule has 1 atom stereocenters. The van der Waals surface area contributed by atoms with Crippen LogP contribution in [-0.4, -0.2) is 4.98 Å². The second-order valence-electron chi connectivity index (χ2n) is 3.32. The van der Waals surface area contributed by atoms with Crippen molar-refractivity contribution in [3.63, 3.8) is 0 Å². The summed E-state index contributed by atoms with van der Waals surface area (Å²) >= 11 is 0. The van der Waals surface area contributed by atoms with Crippen LogP contribution in [0.5, 0.6) is 0 Å². The molecule has 0 fully saturated rings. The van der Waals surface area contributed by atoms with E-state index in [1.807, 2.05) is 13.0 Å². The van der Waals surface area contributed by atoms with Gasteiger partial charge in [-0.15, -0.1) is 0 Å². The van der Waals surface area contributed by atoms with Gasteiger partial charge in [-0.2, -0.15) is 0 Å². The van der Waals surface area contributed by atoms with E-state index in [1.54, 1.807) is 6.20 Å². The van der Waals surface area contributed by atoms with Gasteiger partial charge in [-0.05, 0) is 25.0 Å². The van der Waals surface area contributed by atoms with Crippen molar-refractivity contribution in [1.29, 1.82) is 0 Å². The van der Waals surface area contributed by atoms with Crippen LogP contribution < -0.4 is 11.5 Å². The summed E-state index contributed by atoms with van der Waals surface area (Å²) in [6, 6.07) is 1.97. The smallest absolute Gasteiger partial charge is 0.128 e. The molecule has 4 N–H and O–H groups in total. The molecule has 0 spiro atoms. The Hall–Kier alpha value is -1.09. The maximum absolute atomic E-state index is 5.99. The van der Waals surface area contributed by atoms with E-state index in [0.717, 1.165) is 24.0 Å². The predicted molar refractivity (Wildman–Crippen MR) is 55.2 cm³/mol. The van der Waals surface area contributed by atoms with E-state index in [4.69, 9.17) is 11.5 Å². The molecule has 72 valence electrons. The first-order valence-electron chi connectivity index (χ1n) is 4.63.